The molecule has 1 saturated carbocycles. The molecular weight excluding hydrogens is 356 g/mol. The van der Waals surface area contributed by atoms with E-state index in [-0.39, 0.29) is 24.3 Å². The normalized spacial score (nSPS) is 15.7. The van der Waals surface area contributed by atoms with E-state index in [4.69, 9.17) is 4.74 Å². The topological polar surface area (TPSA) is 84.5 Å². The molecule has 6 nitrogen and oxygen atoms in total. The Labute approximate surface area is 167 Å². The highest BCUT2D eigenvalue weighted by atomic mass is 16.5. The van der Waals surface area contributed by atoms with Gasteiger partial charge >= 0.3 is 5.97 Å². The molecule has 0 aliphatic heterocycles. The summed E-state index contributed by atoms with van der Waals surface area (Å²) in [7, 11) is 0. The van der Waals surface area contributed by atoms with Crippen molar-refractivity contribution in [3.05, 3.63) is 35.4 Å². The van der Waals surface area contributed by atoms with Crippen molar-refractivity contribution in [3.8, 4) is 0 Å². The van der Waals surface area contributed by atoms with E-state index in [1.165, 1.54) is 19.3 Å². The van der Waals surface area contributed by atoms with E-state index in [1.807, 2.05) is 32.9 Å². The molecule has 28 heavy (non-hydrogen) atoms. The number of ether oxygens (including phenoxy) is 1. The first-order valence-corrected chi connectivity index (χ1v) is 10.2. The summed E-state index contributed by atoms with van der Waals surface area (Å²) in [6.45, 7) is 5.90. The number of benzene rings is 1. The van der Waals surface area contributed by atoms with Crippen molar-refractivity contribution in [2.75, 3.05) is 13.2 Å². The number of aryl methyl sites for hydroxylation is 1. The Morgan fingerprint density at radius 2 is 1.71 bits per heavy atom. The molecule has 2 rings (SSSR count). The maximum atomic E-state index is 12.4. The Balaban J connectivity index is 1.80. The van der Waals surface area contributed by atoms with Gasteiger partial charge in [-0.1, -0.05) is 50.8 Å². The van der Waals surface area contributed by atoms with Gasteiger partial charge in [0.1, 0.15) is 6.04 Å². The van der Waals surface area contributed by atoms with Gasteiger partial charge in [-0.2, -0.15) is 0 Å². The average Bonchev–Trinajstić information content (AvgIpc) is 2.69. The summed E-state index contributed by atoms with van der Waals surface area (Å²) in [5, 5.41) is 5.56. The Bertz CT molecular complexity index is 664. The smallest absolute Gasteiger partial charge is 0.329 e. The lowest BCUT2D eigenvalue weighted by molar-refractivity contribution is -0.151. The molecule has 1 aliphatic rings. The summed E-state index contributed by atoms with van der Waals surface area (Å²) in [4.78, 5) is 36.8. The molecule has 0 aromatic heterocycles. The monoisotopic (exact) mass is 388 g/mol. The number of carbonyl (C=O) groups excluding carboxylic acids is 3. The second-order valence-electron chi connectivity index (χ2n) is 7.98. The highest BCUT2D eigenvalue weighted by molar-refractivity contribution is 5.97. The highest BCUT2D eigenvalue weighted by Crippen LogP contribution is 2.22. The van der Waals surface area contributed by atoms with Crippen LogP contribution in [0.1, 0.15) is 61.9 Å². The number of rotatable bonds is 8. The zero-order chi connectivity index (χ0) is 20.5. The van der Waals surface area contributed by atoms with Crippen molar-refractivity contribution in [1.82, 2.24) is 10.6 Å². The van der Waals surface area contributed by atoms with Crippen LogP contribution in [0, 0.1) is 18.8 Å². The molecule has 0 radical (unpaired) electrons. The molecule has 1 fully saturated rings. The van der Waals surface area contributed by atoms with E-state index in [0.717, 1.165) is 18.4 Å². The van der Waals surface area contributed by atoms with Crippen LogP contribution in [0.15, 0.2) is 24.3 Å². The van der Waals surface area contributed by atoms with E-state index in [0.29, 0.717) is 18.0 Å². The summed E-state index contributed by atoms with van der Waals surface area (Å²) in [5.41, 5.74) is 1.53. The molecule has 0 heterocycles. The number of carbonyl (C=O) groups is 3. The van der Waals surface area contributed by atoms with Crippen LogP contribution in [-0.2, 0) is 14.3 Å². The molecule has 1 aliphatic carbocycles. The molecule has 6 heteroatoms. The second kappa shape index (κ2) is 10.8. The lowest BCUT2D eigenvalue weighted by Gasteiger charge is -2.22. The summed E-state index contributed by atoms with van der Waals surface area (Å²) in [6.07, 6.45) is 5.98. The van der Waals surface area contributed by atoms with E-state index in [9.17, 15) is 14.4 Å². The largest absolute Gasteiger partial charge is 0.454 e. The number of amides is 2. The highest BCUT2D eigenvalue weighted by Gasteiger charge is 2.27. The summed E-state index contributed by atoms with van der Waals surface area (Å²) in [6, 6.07) is 6.31. The maximum absolute atomic E-state index is 12.4. The third-order valence-corrected chi connectivity index (χ3v) is 5.18. The Morgan fingerprint density at radius 1 is 1.07 bits per heavy atom. The molecule has 0 bridgehead atoms. The standard InChI is InChI=1S/C22H32N2O4/c1-15(2)20(24-21(26)18-11-9-16(3)10-12-18)22(27)28-14-19(25)23-13-17-7-5-4-6-8-17/h9-12,15,17,20H,4-8,13-14H2,1-3H3,(H,23,25)(H,24,26). The van der Waals surface area contributed by atoms with E-state index in [1.54, 1.807) is 12.1 Å². The van der Waals surface area contributed by atoms with Crippen molar-refractivity contribution in [3.63, 3.8) is 0 Å². The van der Waals surface area contributed by atoms with Gasteiger partial charge in [-0.3, -0.25) is 9.59 Å². The van der Waals surface area contributed by atoms with Gasteiger partial charge in [-0.05, 0) is 43.7 Å². The fourth-order valence-corrected chi connectivity index (χ4v) is 3.35. The average molecular weight is 389 g/mol. The van der Waals surface area contributed by atoms with Crippen LogP contribution >= 0.6 is 0 Å². The second-order valence-corrected chi connectivity index (χ2v) is 7.98. The summed E-state index contributed by atoms with van der Waals surface area (Å²) < 4.78 is 5.16. The fourth-order valence-electron chi connectivity index (χ4n) is 3.35. The lowest BCUT2D eigenvalue weighted by Crippen LogP contribution is -2.46. The zero-order valence-electron chi connectivity index (χ0n) is 17.1. The summed E-state index contributed by atoms with van der Waals surface area (Å²) >= 11 is 0. The molecule has 0 saturated heterocycles. The minimum Gasteiger partial charge on any atom is -0.454 e. The number of hydrogen-bond acceptors (Lipinski definition) is 4. The van der Waals surface area contributed by atoms with Gasteiger partial charge in [0.25, 0.3) is 11.8 Å². The molecule has 1 unspecified atom stereocenters. The Kier molecular flexibility index (Phi) is 8.48. The van der Waals surface area contributed by atoms with Crippen LogP contribution in [0.4, 0.5) is 0 Å². The van der Waals surface area contributed by atoms with Crippen LogP contribution in [-0.4, -0.2) is 37.0 Å². The van der Waals surface area contributed by atoms with Crippen molar-refractivity contribution >= 4 is 17.8 Å². The first-order chi connectivity index (χ1) is 13.4. The zero-order valence-corrected chi connectivity index (χ0v) is 17.1. The van der Waals surface area contributed by atoms with Crippen LogP contribution in [0.3, 0.4) is 0 Å². The number of nitrogens with one attached hydrogen (secondary N) is 2. The molecular formula is C22H32N2O4. The Hall–Kier alpha value is -2.37. The molecule has 0 spiro atoms. The fraction of sp³-hybridized carbons (Fsp3) is 0.591. The third-order valence-electron chi connectivity index (χ3n) is 5.18. The summed E-state index contributed by atoms with van der Waals surface area (Å²) in [5.74, 6) is -0.871. The third kappa shape index (κ3) is 6.98. The first kappa shape index (κ1) is 21.9. The van der Waals surface area contributed by atoms with Crippen molar-refractivity contribution in [1.29, 1.82) is 0 Å². The van der Waals surface area contributed by atoms with Crippen molar-refractivity contribution in [2.24, 2.45) is 11.8 Å². The number of esters is 1. The van der Waals surface area contributed by atoms with Crippen LogP contribution in [0.5, 0.6) is 0 Å². The maximum Gasteiger partial charge on any atom is 0.329 e. The predicted octanol–water partition coefficient (Wildman–Crippen LogP) is 2.99. The van der Waals surface area contributed by atoms with Crippen molar-refractivity contribution in [2.45, 2.75) is 58.9 Å². The van der Waals surface area contributed by atoms with Gasteiger partial charge in [0.2, 0.25) is 0 Å². The lowest BCUT2D eigenvalue weighted by atomic mass is 9.89. The quantitative estimate of drug-likeness (QED) is 0.671. The molecule has 154 valence electrons. The number of hydrogen-bond donors (Lipinski definition) is 2. The molecule has 1 aromatic rings. The first-order valence-electron chi connectivity index (χ1n) is 10.2. The van der Waals surface area contributed by atoms with Gasteiger partial charge in [-0.25, -0.2) is 4.79 Å². The van der Waals surface area contributed by atoms with Crippen molar-refractivity contribution < 1.29 is 19.1 Å². The molecule has 1 atom stereocenters. The minimum absolute atomic E-state index is 0.160. The Morgan fingerprint density at radius 3 is 2.32 bits per heavy atom. The van der Waals surface area contributed by atoms with E-state index >= 15 is 0 Å². The van der Waals surface area contributed by atoms with Crippen LogP contribution in [0.2, 0.25) is 0 Å². The van der Waals surface area contributed by atoms with E-state index in [2.05, 4.69) is 10.6 Å². The SMILES string of the molecule is Cc1ccc(C(=O)NC(C(=O)OCC(=O)NCC2CCCCC2)C(C)C)cc1. The molecule has 2 N–H and O–H groups in total. The van der Waals surface area contributed by atoms with Gasteiger partial charge in [0.05, 0.1) is 0 Å². The van der Waals surface area contributed by atoms with Gasteiger partial charge in [0.15, 0.2) is 6.61 Å². The van der Waals surface area contributed by atoms with Gasteiger partial charge in [0, 0.05) is 12.1 Å². The minimum atomic E-state index is -0.806. The molecule has 1 aromatic carbocycles. The molecule has 2 amide bonds. The van der Waals surface area contributed by atoms with Gasteiger partial charge in [-0.15, -0.1) is 0 Å². The van der Waals surface area contributed by atoms with Gasteiger partial charge < -0.3 is 15.4 Å². The van der Waals surface area contributed by atoms with Crippen LogP contribution < -0.4 is 10.6 Å². The predicted molar refractivity (Wildman–Crippen MR) is 108 cm³/mol. The van der Waals surface area contributed by atoms with Crippen LogP contribution in [0.25, 0.3) is 0 Å². The van der Waals surface area contributed by atoms with E-state index < -0.39 is 12.0 Å².